The van der Waals surface area contributed by atoms with E-state index in [1.165, 1.54) is 61.4 Å². The molecule has 0 saturated carbocycles. The number of rotatable bonds is 3. The molecule has 0 fully saturated rings. The van der Waals surface area contributed by atoms with Gasteiger partial charge in [0.15, 0.2) is 0 Å². The van der Waals surface area contributed by atoms with E-state index in [-0.39, 0.29) is 26.5 Å². The second kappa shape index (κ2) is 11.0. The molecule has 0 N–H and O–H groups in total. The average Bonchev–Trinajstić information content (AvgIpc) is 3.63. The van der Waals surface area contributed by atoms with E-state index in [4.69, 9.17) is 0 Å². The largest absolute Gasteiger partial charge is 4.00 e. The molecule has 48 heavy (non-hydrogen) atoms. The minimum absolute atomic E-state index is 0. The van der Waals surface area contributed by atoms with Crippen LogP contribution in [0.1, 0.15) is 77.6 Å². The van der Waals surface area contributed by atoms with E-state index in [2.05, 4.69) is 186 Å². The van der Waals surface area contributed by atoms with Crippen LogP contribution in [0.4, 0.5) is 11.4 Å². The van der Waals surface area contributed by atoms with Gasteiger partial charge in [-0.15, -0.1) is 34.6 Å². The van der Waals surface area contributed by atoms with E-state index in [0.29, 0.717) is 0 Å². The number of allylic oxidation sites excluding steroid dienone is 4. The molecule has 3 aliphatic heterocycles. The average molecular weight is 813 g/mol. The van der Waals surface area contributed by atoms with Gasteiger partial charge in [-0.25, -0.2) is 0 Å². The number of fused-ring (bicyclic) bond motifs is 5. The van der Waals surface area contributed by atoms with Crippen molar-refractivity contribution in [3.63, 3.8) is 0 Å². The molecule has 3 aliphatic rings. The van der Waals surface area contributed by atoms with Crippen LogP contribution < -0.4 is 9.80 Å². The summed E-state index contributed by atoms with van der Waals surface area (Å²) in [4.78, 5) is 8.89. The van der Waals surface area contributed by atoms with Crippen LogP contribution in [0, 0.1) is 25.5 Å². The van der Waals surface area contributed by atoms with Crippen molar-refractivity contribution in [3.8, 4) is 5.69 Å². The summed E-state index contributed by atoms with van der Waals surface area (Å²) in [6.45, 7) is 22.3. The first-order valence-electron chi connectivity index (χ1n) is 16.6. The number of aromatic nitrogens is 1. The molecule has 4 heterocycles. The summed E-state index contributed by atoms with van der Waals surface area (Å²) in [5, 5.41) is 2.58. The van der Waals surface area contributed by atoms with Gasteiger partial charge in [0.1, 0.15) is 0 Å². The molecule has 1 aromatic heterocycles. The molecule has 1 atom stereocenters. The standard InChI is InChI=1S/C42H43N5.Pt/c1-26-28(3)45(24-43(26)9)32-14-11-13-31(21-32)42(8)36-16-12-15-34-35-22-30(41(5,6)7)17-19-38(35)47(40(34)36)39-20-18-33(23-37(39)42)46-25-44(10)27(2)29(46)4;/h11-20,22,24-25H,1-10H3;/q-4;+4. The monoisotopic (exact) mass is 812 g/mol. The molecule has 0 aliphatic carbocycles. The quantitative estimate of drug-likeness (QED) is 0.169. The molecule has 246 valence electrons. The summed E-state index contributed by atoms with van der Waals surface area (Å²) in [6, 6.07) is 33.0. The van der Waals surface area contributed by atoms with Crippen LogP contribution in [0.2, 0.25) is 0 Å². The molecule has 8 rings (SSSR count). The van der Waals surface area contributed by atoms with E-state index in [0.717, 1.165) is 22.5 Å². The third-order valence-corrected chi connectivity index (χ3v) is 11.1. The third kappa shape index (κ3) is 4.46. The number of para-hydroxylation sites is 1. The zero-order chi connectivity index (χ0) is 33.2. The SMILES string of the molecule is CC1=C(C)N(c2[c-]c(C3(C)c4[c-]c(N5[CH-]N(C)C(C)=C5C)ccc4-n4c5ccc(C(C)(C)C)cc5c5cccc3c54)ccc2)[CH-]N1C.[Pt+4]. The molecule has 5 aromatic rings. The summed E-state index contributed by atoms with van der Waals surface area (Å²) in [6.07, 6.45) is 0. The Bertz CT molecular complexity index is 2200. The number of nitrogens with zero attached hydrogens (tertiary/aromatic N) is 5. The van der Waals surface area contributed by atoms with Crippen molar-refractivity contribution >= 4 is 33.2 Å². The number of anilines is 2. The van der Waals surface area contributed by atoms with Gasteiger partial charge >= 0.3 is 21.1 Å². The van der Waals surface area contributed by atoms with Crippen LogP contribution in [-0.2, 0) is 31.9 Å². The number of hydrogen-bond donors (Lipinski definition) is 0. The first-order valence-corrected chi connectivity index (χ1v) is 16.6. The van der Waals surface area contributed by atoms with Gasteiger partial charge in [0.05, 0.1) is 0 Å². The van der Waals surface area contributed by atoms with Crippen molar-refractivity contribution in [3.05, 3.63) is 137 Å². The Labute approximate surface area is 300 Å². The third-order valence-electron chi connectivity index (χ3n) is 11.1. The van der Waals surface area contributed by atoms with Crippen molar-refractivity contribution in [2.24, 2.45) is 0 Å². The van der Waals surface area contributed by atoms with Crippen LogP contribution in [0.15, 0.2) is 89.5 Å². The fourth-order valence-corrected chi connectivity index (χ4v) is 7.71. The maximum Gasteiger partial charge on any atom is 4.00 e. The summed E-state index contributed by atoms with van der Waals surface area (Å²) in [5.41, 5.74) is 15.1. The van der Waals surface area contributed by atoms with Gasteiger partial charge in [-0.1, -0.05) is 57.6 Å². The zero-order valence-corrected chi connectivity index (χ0v) is 31.8. The molecule has 0 spiro atoms. The van der Waals surface area contributed by atoms with Crippen molar-refractivity contribution in [2.45, 2.75) is 66.2 Å². The van der Waals surface area contributed by atoms with Crippen molar-refractivity contribution in [2.75, 3.05) is 23.9 Å². The minimum Gasteiger partial charge on any atom is -0.508 e. The first-order chi connectivity index (χ1) is 22.3. The molecular weight excluding hydrogens is 770 g/mol. The topological polar surface area (TPSA) is 17.9 Å². The second-order valence-electron chi connectivity index (χ2n) is 14.7. The minimum atomic E-state index is -0.519. The van der Waals surface area contributed by atoms with Gasteiger partial charge in [-0.05, 0) is 81.9 Å². The summed E-state index contributed by atoms with van der Waals surface area (Å²) in [7, 11) is 4.21. The van der Waals surface area contributed by atoms with Crippen molar-refractivity contribution < 1.29 is 21.1 Å². The Hall–Kier alpha value is -3.95. The van der Waals surface area contributed by atoms with Crippen LogP contribution in [0.3, 0.4) is 0 Å². The van der Waals surface area contributed by atoms with Crippen LogP contribution in [0.25, 0.3) is 27.5 Å². The van der Waals surface area contributed by atoms with E-state index in [1.54, 1.807) is 0 Å². The summed E-state index contributed by atoms with van der Waals surface area (Å²) >= 11 is 0. The Morgan fingerprint density at radius 3 is 1.92 bits per heavy atom. The molecule has 0 amide bonds. The Balaban J connectivity index is 0.00000364. The van der Waals surface area contributed by atoms with Crippen LogP contribution in [-0.4, -0.2) is 28.5 Å². The van der Waals surface area contributed by atoms with Gasteiger partial charge in [0.2, 0.25) is 0 Å². The van der Waals surface area contributed by atoms with E-state index < -0.39 is 5.41 Å². The van der Waals surface area contributed by atoms with E-state index in [1.807, 2.05) is 0 Å². The molecule has 0 bridgehead atoms. The van der Waals surface area contributed by atoms with Crippen LogP contribution >= 0.6 is 0 Å². The maximum absolute atomic E-state index is 4.01. The van der Waals surface area contributed by atoms with Gasteiger partial charge in [-0.2, -0.15) is 43.7 Å². The molecular formula is C42H43N5Pt. The predicted octanol–water partition coefficient (Wildman–Crippen LogP) is 9.59. The van der Waals surface area contributed by atoms with E-state index in [9.17, 15) is 0 Å². The van der Waals surface area contributed by atoms with Crippen molar-refractivity contribution in [1.82, 2.24) is 14.4 Å². The first kappa shape index (κ1) is 32.6. The molecule has 1 unspecified atom stereocenters. The Morgan fingerprint density at radius 2 is 1.31 bits per heavy atom. The smallest absolute Gasteiger partial charge is 0.508 e. The predicted molar refractivity (Wildman–Crippen MR) is 195 cm³/mol. The van der Waals surface area contributed by atoms with Crippen LogP contribution in [0.5, 0.6) is 0 Å². The Kier molecular flexibility index (Phi) is 7.49. The second-order valence-corrected chi connectivity index (χ2v) is 14.7. The van der Waals surface area contributed by atoms with Gasteiger partial charge in [0, 0.05) is 38.6 Å². The number of benzene rings is 4. The normalized spacial score (nSPS) is 19.3. The van der Waals surface area contributed by atoms with Gasteiger partial charge in [0.25, 0.3) is 0 Å². The van der Waals surface area contributed by atoms with Gasteiger partial charge < -0.3 is 24.2 Å². The molecule has 4 aromatic carbocycles. The molecule has 0 radical (unpaired) electrons. The molecule has 0 saturated heterocycles. The zero-order valence-electron chi connectivity index (χ0n) is 29.6. The maximum atomic E-state index is 4.01. The Morgan fingerprint density at radius 1 is 0.688 bits per heavy atom. The van der Waals surface area contributed by atoms with E-state index >= 15 is 0 Å². The molecule has 5 nitrogen and oxygen atoms in total. The van der Waals surface area contributed by atoms with Crippen molar-refractivity contribution in [1.29, 1.82) is 0 Å². The number of hydrogen-bond acceptors (Lipinski definition) is 4. The fraction of sp³-hybridized carbons (Fsp3) is 0.286. The summed E-state index contributed by atoms with van der Waals surface area (Å²) < 4.78 is 2.49. The fourth-order valence-electron chi connectivity index (χ4n) is 7.71. The molecule has 6 heteroatoms. The summed E-state index contributed by atoms with van der Waals surface area (Å²) in [5.74, 6) is 0. The van der Waals surface area contributed by atoms with Gasteiger partial charge in [-0.3, -0.25) is 0 Å².